The maximum Gasteiger partial charge on any atom is 0.279 e. The fraction of sp³-hybridized carbons (Fsp3) is 0.400. The van der Waals surface area contributed by atoms with Crippen LogP contribution in [0.5, 0.6) is 0 Å². The van der Waals surface area contributed by atoms with Gasteiger partial charge in [-0.3, -0.25) is 14.1 Å². The van der Waals surface area contributed by atoms with E-state index in [0.717, 1.165) is 43.9 Å². The predicted molar refractivity (Wildman–Crippen MR) is 171 cm³/mol. The normalized spacial score (nSPS) is 17.0. The second-order valence-corrected chi connectivity index (χ2v) is 13.3. The number of nitrogens with one attached hydrogen (secondary N) is 2. The topological polar surface area (TPSA) is 122 Å². The number of benzene rings is 2. The van der Waals surface area contributed by atoms with E-state index in [1.807, 2.05) is 4.72 Å². The molecule has 0 radical (unpaired) electrons. The van der Waals surface area contributed by atoms with Crippen molar-refractivity contribution in [2.24, 2.45) is 0 Å². The summed E-state index contributed by atoms with van der Waals surface area (Å²) in [5.74, 6) is -2.94. The Kier molecular flexibility index (Phi) is 10.4. The molecule has 10 nitrogen and oxygen atoms in total. The smallest absolute Gasteiger partial charge is 0.279 e. The highest BCUT2D eigenvalue weighted by Gasteiger charge is 2.25. The van der Waals surface area contributed by atoms with E-state index in [-0.39, 0.29) is 40.9 Å². The van der Waals surface area contributed by atoms with Crippen molar-refractivity contribution in [3.63, 3.8) is 0 Å². The zero-order valence-corrected chi connectivity index (χ0v) is 26.9. The van der Waals surface area contributed by atoms with E-state index in [1.54, 1.807) is 13.8 Å². The molecule has 1 saturated carbocycles. The van der Waals surface area contributed by atoms with Crippen molar-refractivity contribution in [3.05, 3.63) is 76.0 Å². The molecular formula is C30H35ClF3N7O3S. The SMILES string of the molecule is CC(C)n1c(=O)c(-c2cc(F)c(NS(=O)(=O)Cc3ccc(F)cc3)cc2F)nc2cnc(NC3CCC(N(C)C)CC3)nc21.Cl. The maximum atomic E-state index is 15.4. The summed E-state index contributed by atoms with van der Waals surface area (Å²) in [7, 11) is -0.0295. The van der Waals surface area contributed by atoms with Crippen LogP contribution in [0.1, 0.15) is 51.1 Å². The van der Waals surface area contributed by atoms with Crippen molar-refractivity contribution in [1.82, 2.24) is 24.4 Å². The highest BCUT2D eigenvalue weighted by atomic mass is 35.5. The van der Waals surface area contributed by atoms with Gasteiger partial charge in [-0.1, -0.05) is 12.1 Å². The van der Waals surface area contributed by atoms with E-state index in [9.17, 15) is 17.6 Å². The summed E-state index contributed by atoms with van der Waals surface area (Å²) in [5, 5.41) is 3.36. The summed E-state index contributed by atoms with van der Waals surface area (Å²) in [6, 6.07) is 6.44. The van der Waals surface area contributed by atoms with Crippen LogP contribution < -0.4 is 15.6 Å². The summed E-state index contributed by atoms with van der Waals surface area (Å²) in [6.07, 6.45) is 5.40. The van der Waals surface area contributed by atoms with Crippen molar-refractivity contribution < 1.29 is 21.6 Å². The van der Waals surface area contributed by atoms with Crippen molar-refractivity contribution in [3.8, 4) is 11.3 Å². The highest BCUT2D eigenvalue weighted by molar-refractivity contribution is 7.91. The van der Waals surface area contributed by atoms with Crippen LogP contribution in [0, 0.1) is 17.5 Å². The van der Waals surface area contributed by atoms with Crippen LogP contribution in [0.15, 0.2) is 47.4 Å². The molecule has 1 aliphatic rings. The van der Waals surface area contributed by atoms with Crippen molar-refractivity contribution in [1.29, 1.82) is 0 Å². The van der Waals surface area contributed by atoms with Gasteiger partial charge in [0.2, 0.25) is 16.0 Å². The maximum absolute atomic E-state index is 15.4. The number of nitrogens with zero attached hydrogens (tertiary/aromatic N) is 5. The second-order valence-electron chi connectivity index (χ2n) is 11.5. The van der Waals surface area contributed by atoms with Crippen LogP contribution in [0.3, 0.4) is 0 Å². The first-order valence-electron chi connectivity index (χ1n) is 14.3. The third kappa shape index (κ3) is 7.74. The molecule has 45 heavy (non-hydrogen) atoms. The summed E-state index contributed by atoms with van der Waals surface area (Å²) in [5.41, 5.74) is -1.43. The van der Waals surface area contributed by atoms with Crippen LogP contribution in [0.2, 0.25) is 0 Å². The Labute approximate surface area is 265 Å². The van der Waals surface area contributed by atoms with E-state index in [4.69, 9.17) is 0 Å². The fourth-order valence-electron chi connectivity index (χ4n) is 5.45. The standard InChI is InChI=1S/C30H34F3N7O3S.ClH/c1-17(2)40-28-26(15-34-30(37-28)35-20-9-11-21(12-10-20)39(3)4)36-27(29(40)41)22-13-24(33)25(14-23(22)32)38-44(42,43)16-18-5-7-19(31)8-6-18;/h5-8,13-15,17,20-21,38H,9-12,16H2,1-4H3,(H,34,35,37);1H. The van der Waals surface area contributed by atoms with Crippen LogP contribution in [0.25, 0.3) is 22.4 Å². The Morgan fingerprint density at radius 3 is 2.29 bits per heavy atom. The fourth-order valence-corrected chi connectivity index (χ4v) is 6.65. The van der Waals surface area contributed by atoms with Gasteiger partial charge in [0.25, 0.3) is 5.56 Å². The summed E-state index contributed by atoms with van der Waals surface area (Å²) >= 11 is 0. The number of aromatic nitrogens is 4. The average molecular weight is 666 g/mol. The van der Waals surface area contributed by atoms with Crippen LogP contribution >= 0.6 is 12.4 Å². The van der Waals surface area contributed by atoms with Gasteiger partial charge in [0.1, 0.15) is 28.7 Å². The number of halogens is 4. The Balaban J connectivity index is 0.00000461. The summed E-state index contributed by atoms with van der Waals surface area (Å²) in [6.45, 7) is 3.52. The zero-order chi connectivity index (χ0) is 31.8. The Bertz CT molecular complexity index is 1850. The molecule has 0 atom stereocenters. The van der Waals surface area contributed by atoms with Gasteiger partial charge in [-0.05, 0) is 77.4 Å². The van der Waals surface area contributed by atoms with E-state index in [2.05, 4.69) is 39.3 Å². The molecule has 0 saturated heterocycles. The Hall–Kier alpha value is -3.75. The first kappa shape index (κ1) is 34.1. The molecule has 4 aromatic rings. The number of rotatable bonds is 9. The van der Waals surface area contributed by atoms with Gasteiger partial charge in [0.15, 0.2) is 5.65 Å². The van der Waals surface area contributed by atoms with Crippen molar-refractivity contribution in [2.75, 3.05) is 24.1 Å². The molecular weight excluding hydrogens is 631 g/mol. The van der Waals surface area contributed by atoms with Gasteiger partial charge in [-0.2, -0.15) is 4.98 Å². The predicted octanol–water partition coefficient (Wildman–Crippen LogP) is 5.50. The van der Waals surface area contributed by atoms with Crippen LogP contribution in [-0.2, 0) is 15.8 Å². The van der Waals surface area contributed by atoms with Gasteiger partial charge in [-0.25, -0.2) is 31.6 Å². The number of hydrogen-bond donors (Lipinski definition) is 2. The summed E-state index contributed by atoms with van der Waals surface area (Å²) < 4.78 is 72.3. The van der Waals surface area contributed by atoms with Crippen LogP contribution in [-0.4, -0.2) is 59.0 Å². The lowest BCUT2D eigenvalue weighted by atomic mass is 9.91. The molecule has 2 N–H and O–H groups in total. The molecule has 5 rings (SSSR count). The number of anilines is 2. The van der Waals surface area contributed by atoms with E-state index in [0.29, 0.717) is 18.1 Å². The zero-order valence-electron chi connectivity index (χ0n) is 25.2. The van der Waals surface area contributed by atoms with E-state index >= 15 is 8.78 Å². The van der Waals surface area contributed by atoms with Gasteiger partial charge < -0.3 is 10.2 Å². The molecule has 0 bridgehead atoms. The average Bonchev–Trinajstić information content (AvgIpc) is 2.95. The lowest BCUT2D eigenvalue weighted by Gasteiger charge is -2.32. The van der Waals surface area contributed by atoms with Gasteiger partial charge >= 0.3 is 0 Å². The minimum absolute atomic E-state index is 0. The lowest BCUT2D eigenvalue weighted by molar-refractivity contribution is 0.221. The highest BCUT2D eigenvalue weighted by Crippen LogP contribution is 2.29. The minimum Gasteiger partial charge on any atom is -0.351 e. The monoisotopic (exact) mass is 665 g/mol. The lowest BCUT2D eigenvalue weighted by Crippen LogP contribution is -2.36. The minimum atomic E-state index is -4.18. The quantitative estimate of drug-likeness (QED) is 0.240. The van der Waals surface area contributed by atoms with Crippen molar-refractivity contribution >= 4 is 45.2 Å². The van der Waals surface area contributed by atoms with E-state index < -0.39 is 56.1 Å². The molecule has 1 aliphatic carbocycles. The Morgan fingerprint density at radius 2 is 1.67 bits per heavy atom. The second kappa shape index (κ2) is 13.7. The molecule has 2 aromatic carbocycles. The third-order valence-electron chi connectivity index (χ3n) is 7.76. The van der Waals surface area contributed by atoms with Gasteiger partial charge in [0.05, 0.1) is 17.6 Å². The van der Waals surface area contributed by atoms with Gasteiger partial charge in [0, 0.05) is 29.8 Å². The van der Waals surface area contributed by atoms with Crippen molar-refractivity contribution in [2.45, 2.75) is 63.4 Å². The molecule has 0 spiro atoms. The molecule has 2 aromatic heterocycles. The Morgan fingerprint density at radius 1 is 1.00 bits per heavy atom. The molecule has 0 aliphatic heterocycles. The number of hydrogen-bond acceptors (Lipinski definition) is 8. The number of sulfonamides is 1. The first-order valence-corrected chi connectivity index (χ1v) is 15.9. The third-order valence-corrected chi connectivity index (χ3v) is 9.00. The molecule has 0 amide bonds. The molecule has 15 heteroatoms. The number of fused-ring (bicyclic) bond motifs is 1. The summed E-state index contributed by atoms with van der Waals surface area (Å²) in [4.78, 5) is 29.1. The molecule has 2 heterocycles. The van der Waals surface area contributed by atoms with Crippen LogP contribution in [0.4, 0.5) is 24.8 Å². The molecule has 242 valence electrons. The molecule has 1 fully saturated rings. The van der Waals surface area contributed by atoms with Gasteiger partial charge in [-0.15, -0.1) is 12.4 Å². The molecule has 0 unspecified atom stereocenters. The largest absolute Gasteiger partial charge is 0.351 e. The van der Waals surface area contributed by atoms with E-state index in [1.165, 1.54) is 22.9 Å². The first-order chi connectivity index (χ1) is 20.8.